The third kappa shape index (κ3) is 3.23. The lowest BCUT2D eigenvalue weighted by Crippen LogP contribution is -2.51. The van der Waals surface area contributed by atoms with Crippen LogP contribution in [0.1, 0.15) is 0 Å². The Morgan fingerprint density at radius 2 is 2.08 bits per heavy atom. The Morgan fingerprint density at radius 3 is 2.77 bits per heavy atom. The van der Waals surface area contributed by atoms with E-state index in [9.17, 15) is 4.39 Å². The van der Waals surface area contributed by atoms with E-state index in [-0.39, 0.29) is 5.02 Å². The minimum Gasteiger partial charge on any atom is -0.495 e. The monoisotopic (exact) mass is 373 g/mol. The van der Waals surface area contributed by atoms with Crippen LogP contribution in [0.4, 0.5) is 21.6 Å². The zero-order valence-electron chi connectivity index (χ0n) is 14.0. The van der Waals surface area contributed by atoms with E-state index in [0.29, 0.717) is 17.5 Å². The second kappa shape index (κ2) is 6.93. The molecule has 0 atom stereocenters. The smallest absolute Gasteiger partial charge is 0.144 e. The van der Waals surface area contributed by atoms with Crippen molar-refractivity contribution >= 4 is 39.7 Å². The number of nitrogens with one attached hydrogen (secondary N) is 3. The molecule has 1 aromatic heterocycles. The molecule has 0 amide bonds. The van der Waals surface area contributed by atoms with Crippen LogP contribution in [0.3, 0.4) is 0 Å². The summed E-state index contributed by atoms with van der Waals surface area (Å²) in [4.78, 5) is 8.65. The normalized spacial score (nSPS) is 14.1. The Kier molecular flexibility index (Phi) is 4.48. The van der Waals surface area contributed by atoms with Crippen molar-refractivity contribution in [2.75, 3.05) is 30.8 Å². The molecular formula is C18H17ClFN5O. The Morgan fingerprint density at radius 1 is 1.23 bits per heavy atom. The molecule has 1 aliphatic rings. The molecule has 1 saturated heterocycles. The summed E-state index contributed by atoms with van der Waals surface area (Å²) >= 11 is 5.86. The number of fused-ring (bicyclic) bond motifs is 1. The average Bonchev–Trinajstić information content (AvgIpc) is 2.61. The van der Waals surface area contributed by atoms with Crippen molar-refractivity contribution in [3.8, 4) is 5.75 Å². The van der Waals surface area contributed by atoms with Crippen molar-refractivity contribution in [1.82, 2.24) is 15.3 Å². The van der Waals surface area contributed by atoms with E-state index in [1.807, 2.05) is 12.1 Å². The molecule has 2 heterocycles. The quantitative estimate of drug-likeness (QED) is 0.635. The first-order valence-electron chi connectivity index (χ1n) is 8.16. The molecule has 2 aromatic carbocycles. The molecule has 4 rings (SSSR count). The number of aromatic nitrogens is 2. The maximum atomic E-state index is 13.4. The molecule has 0 radical (unpaired) electrons. The topological polar surface area (TPSA) is 71.1 Å². The second-order valence-electron chi connectivity index (χ2n) is 6.05. The van der Waals surface area contributed by atoms with Gasteiger partial charge in [-0.05, 0) is 24.3 Å². The summed E-state index contributed by atoms with van der Waals surface area (Å²) in [6, 6.07) is 8.63. The standard InChI is InChI=1S/C18H17ClFN5O/c1-26-17-6-15-12(5-16(17)24-11-7-21-8-11)18(23-9-22-15)25-10-2-3-14(20)13(19)4-10/h2-6,9,11,21,24H,7-8H2,1H3,(H,22,23,25). The first kappa shape index (κ1) is 16.8. The predicted octanol–water partition coefficient (Wildman–Crippen LogP) is 3.56. The molecule has 0 bridgehead atoms. The number of rotatable bonds is 5. The Labute approximate surface area is 154 Å². The van der Waals surface area contributed by atoms with E-state index in [0.717, 1.165) is 35.4 Å². The molecule has 0 unspecified atom stereocenters. The van der Waals surface area contributed by atoms with Gasteiger partial charge in [0.05, 0.1) is 29.4 Å². The molecule has 0 saturated carbocycles. The van der Waals surface area contributed by atoms with Crippen LogP contribution >= 0.6 is 11.6 Å². The molecule has 0 spiro atoms. The van der Waals surface area contributed by atoms with Gasteiger partial charge in [0.15, 0.2) is 0 Å². The van der Waals surface area contributed by atoms with Crippen molar-refractivity contribution < 1.29 is 9.13 Å². The second-order valence-corrected chi connectivity index (χ2v) is 6.45. The van der Waals surface area contributed by atoms with Crippen molar-refractivity contribution in [1.29, 1.82) is 0 Å². The van der Waals surface area contributed by atoms with Crippen molar-refractivity contribution in [2.45, 2.75) is 6.04 Å². The van der Waals surface area contributed by atoms with Crippen molar-refractivity contribution in [2.24, 2.45) is 0 Å². The summed E-state index contributed by atoms with van der Waals surface area (Å²) in [7, 11) is 1.63. The van der Waals surface area contributed by atoms with Gasteiger partial charge in [0.1, 0.15) is 23.7 Å². The lowest BCUT2D eigenvalue weighted by atomic mass is 10.1. The van der Waals surface area contributed by atoms with Gasteiger partial charge in [0.25, 0.3) is 0 Å². The van der Waals surface area contributed by atoms with Gasteiger partial charge in [0, 0.05) is 30.2 Å². The molecule has 6 nitrogen and oxygen atoms in total. The van der Waals surface area contributed by atoms with Crippen LogP contribution < -0.4 is 20.7 Å². The summed E-state index contributed by atoms with van der Waals surface area (Å²) in [6.07, 6.45) is 1.47. The fourth-order valence-electron chi connectivity index (χ4n) is 2.79. The minimum absolute atomic E-state index is 0.0508. The molecule has 3 aromatic rings. The number of nitrogens with zero attached hydrogens (tertiary/aromatic N) is 2. The Hall–Kier alpha value is -2.64. The molecule has 3 N–H and O–H groups in total. The Bertz CT molecular complexity index is 964. The number of ether oxygens (including phenoxy) is 1. The minimum atomic E-state index is -0.463. The van der Waals surface area contributed by atoms with Gasteiger partial charge in [-0.1, -0.05) is 11.6 Å². The van der Waals surface area contributed by atoms with Crippen LogP contribution in [-0.4, -0.2) is 36.2 Å². The molecule has 0 aliphatic carbocycles. The maximum absolute atomic E-state index is 13.4. The number of hydrogen-bond donors (Lipinski definition) is 3. The Balaban J connectivity index is 1.73. The van der Waals surface area contributed by atoms with Gasteiger partial charge >= 0.3 is 0 Å². The van der Waals surface area contributed by atoms with Gasteiger partial charge < -0.3 is 20.7 Å². The highest BCUT2D eigenvalue weighted by atomic mass is 35.5. The highest BCUT2D eigenvalue weighted by Crippen LogP contribution is 2.34. The van der Waals surface area contributed by atoms with Crippen LogP contribution in [0, 0.1) is 5.82 Å². The number of halogens is 2. The van der Waals surface area contributed by atoms with E-state index in [1.54, 1.807) is 13.2 Å². The van der Waals surface area contributed by atoms with E-state index in [1.165, 1.54) is 18.5 Å². The van der Waals surface area contributed by atoms with Crippen molar-refractivity contribution in [3.63, 3.8) is 0 Å². The lowest BCUT2D eigenvalue weighted by molar-refractivity contribution is 0.413. The molecule has 26 heavy (non-hydrogen) atoms. The zero-order chi connectivity index (χ0) is 18.1. The summed E-state index contributed by atoms with van der Waals surface area (Å²) < 4.78 is 18.9. The fourth-order valence-corrected chi connectivity index (χ4v) is 2.97. The first-order valence-corrected chi connectivity index (χ1v) is 8.54. The maximum Gasteiger partial charge on any atom is 0.144 e. The van der Waals surface area contributed by atoms with Gasteiger partial charge in [-0.2, -0.15) is 0 Å². The average molecular weight is 374 g/mol. The summed E-state index contributed by atoms with van der Waals surface area (Å²) in [6.45, 7) is 1.82. The largest absolute Gasteiger partial charge is 0.495 e. The molecule has 8 heteroatoms. The van der Waals surface area contributed by atoms with E-state index in [2.05, 4.69) is 25.9 Å². The SMILES string of the molecule is COc1cc2ncnc(Nc3ccc(F)c(Cl)c3)c2cc1NC1CNC1. The van der Waals surface area contributed by atoms with Gasteiger partial charge in [0.2, 0.25) is 0 Å². The van der Waals surface area contributed by atoms with Crippen LogP contribution in [-0.2, 0) is 0 Å². The third-order valence-corrected chi connectivity index (χ3v) is 4.57. The molecule has 1 aliphatic heterocycles. The number of hydrogen-bond acceptors (Lipinski definition) is 6. The highest BCUT2D eigenvalue weighted by molar-refractivity contribution is 6.31. The van der Waals surface area contributed by atoms with Crippen LogP contribution in [0.25, 0.3) is 10.9 Å². The zero-order valence-corrected chi connectivity index (χ0v) is 14.8. The molecular weight excluding hydrogens is 357 g/mol. The van der Waals surface area contributed by atoms with Crippen LogP contribution in [0.15, 0.2) is 36.7 Å². The van der Waals surface area contributed by atoms with Gasteiger partial charge in [-0.25, -0.2) is 14.4 Å². The first-order chi connectivity index (χ1) is 12.6. The van der Waals surface area contributed by atoms with E-state index < -0.39 is 5.82 Å². The molecule has 134 valence electrons. The van der Waals surface area contributed by atoms with Crippen molar-refractivity contribution in [3.05, 3.63) is 47.5 Å². The van der Waals surface area contributed by atoms with Crippen LogP contribution in [0.2, 0.25) is 5.02 Å². The summed E-state index contributed by atoms with van der Waals surface area (Å²) in [5.41, 5.74) is 2.26. The summed E-state index contributed by atoms with van der Waals surface area (Å²) in [5.74, 6) is 0.865. The summed E-state index contributed by atoms with van der Waals surface area (Å²) in [5, 5.41) is 10.7. The van der Waals surface area contributed by atoms with Crippen LogP contribution in [0.5, 0.6) is 5.75 Å². The third-order valence-electron chi connectivity index (χ3n) is 4.28. The number of methoxy groups -OCH3 is 1. The predicted molar refractivity (Wildman–Crippen MR) is 101 cm³/mol. The highest BCUT2D eigenvalue weighted by Gasteiger charge is 2.19. The van der Waals surface area contributed by atoms with Gasteiger partial charge in [-0.3, -0.25) is 0 Å². The van der Waals surface area contributed by atoms with Gasteiger partial charge in [-0.15, -0.1) is 0 Å². The number of anilines is 3. The van der Waals surface area contributed by atoms with E-state index >= 15 is 0 Å². The van der Waals surface area contributed by atoms with E-state index in [4.69, 9.17) is 16.3 Å². The fraction of sp³-hybridized carbons (Fsp3) is 0.222. The molecule has 1 fully saturated rings. The number of benzene rings is 2. The lowest BCUT2D eigenvalue weighted by Gasteiger charge is -2.29.